The molecule has 0 saturated carbocycles. The van der Waals surface area contributed by atoms with Crippen LogP contribution in [-0.2, 0) is 17.8 Å². The van der Waals surface area contributed by atoms with Crippen LogP contribution in [0.5, 0.6) is 0 Å². The van der Waals surface area contributed by atoms with Gasteiger partial charge < -0.3 is 15.1 Å². The van der Waals surface area contributed by atoms with Gasteiger partial charge in [-0.2, -0.15) is 5.10 Å². The van der Waals surface area contributed by atoms with Gasteiger partial charge in [-0.05, 0) is 65.3 Å². The van der Waals surface area contributed by atoms with E-state index in [9.17, 15) is 19.5 Å². The molecule has 5 rings (SSSR count). The lowest BCUT2D eigenvalue weighted by molar-refractivity contribution is -0.136. The smallest absolute Gasteiger partial charge is 0.307 e. The fourth-order valence-corrected chi connectivity index (χ4v) is 5.25. The van der Waals surface area contributed by atoms with Gasteiger partial charge in [-0.1, -0.05) is 24.3 Å². The average Bonchev–Trinajstić information content (AvgIpc) is 3.31. The minimum Gasteiger partial charge on any atom is -0.481 e. The summed E-state index contributed by atoms with van der Waals surface area (Å²) >= 11 is 2.14. The molecular weight excluding hydrogens is 589 g/mol. The number of aliphatic carboxylic acids is 1. The van der Waals surface area contributed by atoms with Crippen molar-refractivity contribution in [2.45, 2.75) is 31.4 Å². The summed E-state index contributed by atoms with van der Waals surface area (Å²) in [6, 6.07) is 14.3. The Morgan fingerprint density at radius 1 is 1.08 bits per heavy atom. The maximum atomic E-state index is 13.2. The minimum atomic E-state index is -1.15. The number of aliphatic hydroxyl groups is 1. The molecule has 2 N–H and O–H groups in total. The molecule has 0 atom stereocenters. The Hall–Kier alpha value is -3.58. The van der Waals surface area contributed by atoms with Crippen LogP contribution in [0.15, 0.2) is 65.8 Å². The molecule has 0 aliphatic carbocycles. The number of fused-ring (bicyclic) bond motifs is 1. The van der Waals surface area contributed by atoms with Crippen molar-refractivity contribution in [2.75, 3.05) is 13.1 Å². The largest absolute Gasteiger partial charge is 0.481 e. The van der Waals surface area contributed by atoms with Gasteiger partial charge in [0.15, 0.2) is 5.65 Å². The third kappa shape index (κ3) is 5.14. The molecule has 2 aromatic carbocycles. The Morgan fingerprint density at radius 3 is 2.57 bits per heavy atom. The Balaban J connectivity index is 1.33. The summed E-state index contributed by atoms with van der Waals surface area (Å²) in [4.78, 5) is 43.4. The second-order valence-corrected chi connectivity index (χ2v) is 10.4. The van der Waals surface area contributed by atoms with E-state index in [1.165, 1.54) is 21.8 Å². The molecule has 0 radical (unpaired) electrons. The van der Waals surface area contributed by atoms with Gasteiger partial charge in [-0.15, -0.1) is 0 Å². The molecule has 4 aromatic rings. The molecule has 0 bridgehead atoms. The van der Waals surface area contributed by atoms with Crippen molar-refractivity contribution in [3.63, 3.8) is 0 Å². The number of hydrogen-bond acceptors (Lipinski definition) is 6. The number of carbonyl (C=O) groups is 2. The number of likely N-dealkylation sites (tertiary alicyclic amines) is 1. The average molecular weight is 613 g/mol. The number of carboxylic acids is 1. The summed E-state index contributed by atoms with van der Waals surface area (Å²) in [6.45, 7) is 0.823. The van der Waals surface area contributed by atoms with E-state index in [2.05, 4.69) is 32.7 Å². The highest BCUT2D eigenvalue weighted by Crippen LogP contribution is 2.26. The van der Waals surface area contributed by atoms with E-state index in [1.807, 2.05) is 18.2 Å². The van der Waals surface area contributed by atoms with Crippen LogP contribution in [0.4, 0.5) is 0 Å². The molecule has 1 amide bonds. The minimum absolute atomic E-state index is 0.0545. The molecule has 37 heavy (non-hydrogen) atoms. The second-order valence-electron chi connectivity index (χ2n) is 9.21. The predicted octanol–water partition coefficient (Wildman–Crippen LogP) is 2.48. The number of hydrogen-bond donors (Lipinski definition) is 2. The van der Waals surface area contributed by atoms with Gasteiger partial charge in [0.25, 0.3) is 11.5 Å². The number of benzene rings is 2. The molecule has 11 heteroatoms. The lowest BCUT2D eigenvalue weighted by Crippen LogP contribution is -2.49. The van der Waals surface area contributed by atoms with Crippen LogP contribution in [0.1, 0.15) is 28.8 Å². The summed E-state index contributed by atoms with van der Waals surface area (Å²) in [6.07, 6.45) is 3.37. The van der Waals surface area contributed by atoms with Crippen LogP contribution in [0.25, 0.3) is 16.7 Å². The third-order valence-corrected chi connectivity index (χ3v) is 7.56. The van der Waals surface area contributed by atoms with Gasteiger partial charge >= 0.3 is 5.97 Å². The van der Waals surface area contributed by atoms with Crippen molar-refractivity contribution >= 4 is 45.5 Å². The molecule has 0 spiro atoms. The molecular formula is C26H24IN5O5. The summed E-state index contributed by atoms with van der Waals surface area (Å²) < 4.78 is 3.76. The van der Waals surface area contributed by atoms with Gasteiger partial charge in [0.1, 0.15) is 11.7 Å². The first kappa shape index (κ1) is 25.1. The molecule has 190 valence electrons. The van der Waals surface area contributed by atoms with Crippen LogP contribution in [-0.4, -0.2) is 65.0 Å². The van der Waals surface area contributed by atoms with E-state index in [-0.39, 0.29) is 24.4 Å². The normalized spacial score (nSPS) is 15.1. The molecule has 10 nitrogen and oxygen atoms in total. The fraction of sp³-hybridized carbons (Fsp3) is 0.269. The summed E-state index contributed by atoms with van der Waals surface area (Å²) in [7, 11) is 0. The highest BCUT2D eigenvalue weighted by Gasteiger charge is 2.35. The number of carbonyl (C=O) groups excluding carboxylic acids is 1. The number of carboxylic acid groups (broad SMARTS) is 1. The number of halogens is 1. The fourth-order valence-electron chi connectivity index (χ4n) is 4.63. The molecule has 0 unspecified atom stereocenters. The number of aromatic nitrogens is 4. The summed E-state index contributed by atoms with van der Waals surface area (Å²) in [5.41, 5.74) is 0.714. The maximum Gasteiger partial charge on any atom is 0.307 e. The molecule has 1 aliphatic rings. The van der Waals surface area contributed by atoms with Gasteiger partial charge in [0, 0.05) is 16.7 Å². The SMILES string of the molecule is O=C(O)Cc1cccc(-n2ncc3c(=O)n(CC4(O)CCN(C(=O)c5ccccc5I)CC4)cnc32)c1. The number of amides is 1. The number of piperidine rings is 1. The van der Waals surface area contributed by atoms with Gasteiger partial charge in [-0.25, -0.2) is 9.67 Å². The second kappa shape index (κ2) is 10.1. The zero-order chi connectivity index (χ0) is 26.2. The topological polar surface area (TPSA) is 131 Å². The Morgan fingerprint density at radius 2 is 1.84 bits per heavy atom. The van der Waals surface area contributed by atoms with Crippen molar-refractivity contribution in [2.24, 2.45) is 0 Å². The van der Waals surface area contributed by atoms with Crippen molar-refractivity contribution in [1.82, 2.24) is 24.2 Å². The monoisotopic (exact) mass is 613 g/mol. The first-order valence-electron chi connectivity index (χ1n) is 11.7. The van der Waals surface area contributed by atoms with Crippen molar-refractivity contribution in [1.29, 1.82) is 0 Å². The zero-order valence-corrected chi connectivity index (χ0v) is 21.9. The maximum absolute atomic E-state index is 13.2. The molecule has 3 heterocycles. The molecule has 2 aromatic heterocycles. The highest BCUT2D eigenvalue weighted by molar-refractivity contribution is 14.1. The van der Waals surface area contributed by atoms with Crippen molar-refractivity contribution in [3.8, 4) is 5.69 Å². The first-order chi connectivity index (χ1) is 17.7. The van der Waals surface area contributed by atoms with E-state index >= 15 is 0 Å². The standard InChI is InChI=1S/C26H24IN5O5/c27-21-7-2-1-6-19(21)24(35)30-10-8-26(37,9-11-30)15-31-16-28-23-20(25(31)36)14-29-32(23)18-5-3-4-17(12-18)13-22(33)34/h1-7,12,14,16,37H,8-11,13,15H2,(H,33,34). The van der Waals surface area contributed by atoms with Crippen molar-refractivity contribution < 1.29 is 19.8 Å². The molecule has 1 fully saturated rings. The van der Waals surface area contributed by atoms with Crippen LogP contribution in [0.2, 0.25) is 0 Å². The Bertz CT molecular complexity index is 1550. The molecule has 1 saturated heterocycles. The Labute approximate surface area is 225 Å². The summed E-state index contributed by atoms with van der Waals surface area (Å²) in [5.74, 6) is -1.00. The summed E-state index contributed by atoms with van der Waals surface area (Å²) in [5, 5.41) is 24.9. The van der Waals surface area contributed by atoms with Gasteiger partial charge in [-0.3, -0.25) is 19.0 Å². The quantitative estimate of drug-likeness (QED) is 0.320. The predicted molar refractivity (Wildman–Crippen MR) is 144 cm³/mol. The van der Waals surface area contributed by atoms with E-state index in [1.54, 1.807) is 35.2 Å². The van der Waals surface area contributed by atoms with Crippen LogP contribution >= 0.6 is 22.6 Å². The van der Waals surface area contributed by atoms with Gasteiger partial charge in [0.05, 0.1) is 36.0 Å². The van der Waals surface area contributed by atoms with Crippen LogP contribution < -0.4 is 5.56 Å². The van der Waals surface area contributed by atoms with E-state index in [0.717, 1.165) is 3.57 Å². The number of rotatable bonds is 6. The van der Waals surface area contributed by atoms with Gasteiger partial charge in [0.2, 0.25) is 0 Å². The molecule has 1 aliphatic heterocycles. The van der Waals surface area contributed by atoms with E-state index in [4.69, 9.17) is 5.11 Å². The Kier molecular flexibility index (Phi) is 6.82. The lowest BCUT2D eigenvalue weighted by atomic mass is 9.91. The first-order valence-corrected chi connectivity index (χ1v) is 12.8. The van der Waals surface area contributed by atoms with E-state index < -0.39 is 11.6 Å². The highest BCUT2D eigenvalue weighted by atomic mass is 127. The van der Waals surface area contributed by atoms with Crippen LogP contribution in [0.3, 0.4) is 0 Å². The third-order valence-electron chi connectivity index (χ3n) is 6.62. The van der Waals surface area contributed by atoms with Crippen LogP contribution in [0, 0.1) is 3.57 Å². The number of nitrogens with zero attached hydrogens (tertiary/aromatic N) is 5. The van der Waals surface area contributed by atoms with E-state index in [0.29, 0.717) is 53.8 Å². The lowest BCUT2D eigenvalue weighted by Gasteiger charge is -2.38. The zero-order valence-electron chi connectivity index (χ0n) is 19.7. The van der Waals surface area contributed by atoms with Crippen molar-refractivity contribution in [3.05, 3.63) is 86.1 Å².